The minimum absolute atomic E-state index is 0.250. The number of amides is 1. The van der Waals surface area contributed by atoms with Crippen LogP contribution in [0.25, 0.3) is 0 Å². The van der Waals surface area contributed by atoms with Crippen molar-refractivity contribution in [3.05, 3.63) is 0 Å². The molecule has 1 saturated heterocycles. The summed E-state index contributed by atoms with van der Waals surface area (Å²) in [6, 6.07) is 0. The number of hydrogen-bond acceptors (Lipinski definition) is 4. The Hall–Kier alpha value is -0.650. The topological polar surface area (TPSA) is 87.6 Å². The van der Waals surface area contributed by atoms with Gasteiger partial charge in [-0.15, -0.1) is 0 Å². The van der Waals surface area contributed by atoms with E-state index in [0.29, 0.717) is 19.6 Å². The number of ether oxygens (including phenoxy) is 2. The number of rotatable bonds is 7. The van der Waals surface area contributed by atoms with Crippen LogP contribution in [-0.4, -0.2) is 37.4 Å². The molecule has 2 unspecified atom stereocenters. The van der Waals surface area contributed by atoms with Gasteiger partial charge in [-0.25, -0.2) is 0 Å². The predicted molar refractivity (Wildman–Crippen MR) is 60.8 cm³/mol. The number of hydrogen-bond donors (Lipinski definition) is 2. The Bertz CT molecular complexity index is 225. The number of carbonyl (C=O) groups is 1. The Kier molecular flexibility index (Phi) is 5.18. The van der Waals surface area contributed by atoms with Crippen molar-refractivity contribution in [2.45, 2.75) is 44.2 Å². The average molecular weight is 230 g/mol. The van der Waals surface area contributed by atoms with E-state index in [1.807, 2.05) is 0 Å². The van der Waals surface area contributed by atoms with Crippen LogP contribution in [0.1, 0.15) is 32.6 Å². The van der Waals surface area contributed by atoms with Gasteiger partial charge in [-0.05, 0) is 32.6 Å². The number of carbonyl (C=O) groups excluding carboxylic acids is 1. The average Bonchev–Trinajstić information content (AvgIpc) is 2.69. The molecule has 0 aromatic heterocycles. The van der Waals surface area contributed by atoms with Gasteiger partial charge in [0.25, 0.3) is 0 Å². The summed E-state index contributed by atoms with van der Waals surface area (Å²) in [5.41, 5.74) is 9.95. The third-order valence-electron chi connectivity index (χ3n) is 2.88. The van der Waals surface area contributed by atoms with Gasteiger partial charge in [0.2, 0.25) is 5.91 Å². The normalized spacial score (nSPS) is 24.2. The smallest absolute Gasteiger partial charge is 0.237 e. The maximum absolute atomic E-state index is 10.9. The molecule has 0 aromatic rings. The minimum Gasteiger partial charge on any atom is -0.379 e. The van der Waals surface area contributed by atoms with Gasteiger partial charge in [0.1, 0.15) is 0 Å². The van der Waals surface area contributed by atoms with Gasteiger partial charge in [0.05, 0.1) is 18.2 Å². The van der Waals surface area contributed by atoms with Gasteiger partial charge < -0.3 is 20.9 Å². The Morgan fingerprint density at radius 3 is 2.94 bits per heavy atom. The summed E-state index contributed by atoms with van der Waals surface area (Å²) in [7, 11) is 0. The molecule has 1 heterocycles. The second-order valence-electron chi connectivity index (χ2n) is 4.60. The van der Waals surface area contributed by atoms with Crippen LogP contribution in [0, 0.1) is 0 Å². The molecule has 5 heteroatoms. The van der Waals surface area contributed by atoms with Crippen molar-refractivity contribution in [3.8, 4) is 0 Å². The summed E-state index contributed by atoms with van der Waals surface area (Å²) in [6.45, 7) is 3.73. The Balaban J connectivity index is 2.01. The second kappa shape index (κ2) is 6.18. The van der Waals surface area contributed by atoms with E-state index in [0.717, 1.165) is 25.9 Å². The lowest BCUT2D eigenvalue weighted by atomic mass is 9.97. The Morgan fingerprint density at radius 2 is 2.38 bits per heavy atom. The summed E-state index contributed by atoms with van der Waals surface area (Å²) >= 11 is 0. The van der Waals surface area contributed by atoms with Crippen LogP contribution in [0.3, 0.4) is 0 Å². The standard InChI is InChI=1S/C11H22N2O3/c1-11(13,10(12)14)5-3-6-15-8-9-4-2-7-16-9/h9H,2-8,13H2,1H3,(H2,12,14). The monoisotopic (exact) mass is 230 g/mol. The molecule has 1 rings (SSSR count). The van der Waals surface area contributed by atoms with Crippen molar-refractivity contribution in [2.75, 3.05) is 19.8 Å². The lowest BCUT2D eigenvalue weighted by Gasteiger charge is -2.20. The van der Waals surface area contributed by atoms with Gasteiger partial charge in [-0.3, -0.25) is 4.79 Å². The highest BCUT2D eigenvalue weighted by Crippen LogP contribution is 2.13. The number of nitrogens with two attached hydrogens (primary N) is 2. The van der Waals surface area contributed by atoms with Crippen molar-refractivity contribution < 1.29 is 14.3 Å². The summed E-state index contributed by atoms with van der Waals surface area (Å²) < 4.78 is 10.9. The van der Waals surface area contributed by atoms with Crippen molar-refractivity contribution in [1.82, 2.24) is 0 Å². The van der Waals surface area contributed by atoms with Crippen LogP contribution in [0.15, 0.2) is 0 Å². The SMILES string of the molecule is CC(N)(CCCOCC1CCCO1)C(N)=O. The molecular formula is C11H22N2O3. The quantitative estimate of drug-likeness (QED) is 0.610. The zero-order valence-electron chi connectivity index (χ0n) is 9.91. The van der Waals surface area contributed by atoms with Crippen LogP contribution in [0.4, 0.5) is 0 Å². The molecule has 16 heavy (non-hydrogen) atoms. The first-order chi connectivity index (χ1) is 7.52. The highest BCUT2D eigenvalue weighted by Gasteiger charge is 2.24. The third kappa shape index (κ3) is 4.47. The largest absolute Gasteiger partial charge is 0.379 e. The van der Waals surface area contributed by atoms with Crippen molar-refractivity contribution in [2.24, 2.45) is 11.5 Å². The lowest BCUT2D eigenvalue weighted by Crippen LogP contribution is -2.49. The molecule has 1 amide bonds. The molecule has 0 aliphatic carbocycles. The molecule has 0 radical (unpaired) electrons. The van der Waals surface area contributed by atoms with Gasteiger partial charge >= 0.3 is 0 Å². The van der Waals surface area contributed by atoms with Crippen LogP contribution < -0.4 is 11.5 Å². The van der Waals surface area contributed by atoms with Crippen LogP contribution in [0.5, 0.6) is 0 Å². The minimum atomic E-state index is -0.923. The second-order valence-corrected chi connectivity index (χ2v) is 4.60. The molecule has 1 aliphatic rings. The summed E-state index contributed by atoms with van der Waals surface area (Å²) in [6.07, 6.45) is 3.74. The molecule has 4 N–H and O–H groups in total. The lowest BCUT2D eigenvalue weighted by molar-refractivity contribution is -0.122. The first-order valence-electron chi connectivity index (χ1n) is 5.80. The first-order valence-corrected chi connectivity index (χ1v) is 5.80. The fraction of sp³-hybridized carbons (Fsp3) is 0.909. The van der Waals surface area contributed by atoms with Crippen LogP contribution in [-0.2, 0) is 14.3 Å². The van der Waals surface area contributed by atoms with Crippen molar-refractivity contribution >= 4 is 5.91 Å². The van der Waals surface area contributed by atoms with E-state index in [1.54, 1.807) is 6.92 Å². The van der Waals surface area contributed by atoms with E-state index in [1.165, 1.54) is 0 Å². The van der Waals surface area contributed by atoms with E-state index in [9.17, 15) is 4.79 Å². The third-order valence-corrected chi connectivity index (χ3v) is 2.88. The van der Waals surface area contributed by atoms with E-state index >= 15 is 0 Å². The van der Waals surface area contributed by atoms with E-state index in [2.05, 4.69) is 0 Å². The maximum Gasteiger partial charge on any atom is 0.237 e. The molecule has 0 spiro atoms. The summed E-state index contributed by atoms with van der Waals surface area (Å²) in [4.78, 5) is 10.9. The zero-order chi connectivity index (χ0) is 12.0. The molecule has 2 atom stereocenters. The molecule has 1 fully saturated rings. The first kappa shape index (κ1) is 13.4. The van der Waals surface area contributed by atoms with Crippen molar-refractivity contribution in [1.29, 1.82) is 0 Å². The summed E-state index contributed by atoms with van der Waals surface area (Å²) in [5.74, 6) is -0.466. The molecule has 1 aliphatic heterocycles. The van der Waals surface area contributed by atoms with Gasteiger partial charge in [0.15, 0.2) is 0 Å². The Morgan fingerprint density at radius 1 is 1.62 bits per heavy atom. The molecule has 5 nitrogen and oxygen atoms in total. The van der Waals surface area contributed by atoms with E-state index < -0.39 is 11.4 Å². The van der Waals surface area contributed by atoms with Gasteiger partial charge in [-0.2, -0.15) is 0 Å². The van der Waals surface area contributed by atoms with Crippen LogP contribution in [0.2, 0.25) is 0 Å². The van der Waals surface area contributed by atoms with E-state index in [-0.39, 0.29) is 6.10 Å². The fourth-order valence-electron chi connectivity index (χ4n) is 1.66. The highest BCUT2D eigenvalue weighted by molar-refractivity contribution is 5.83. The van der Waals surface area contributed by atoms with Gasteiger partial charge in [0, 0.05) is 13.2 Å². The van der Waals surface area contributed by atoms with Crippen molar-refractivity contribution in [3.63, 3.8) is 0 Å². The highest BCUT2D eigenvalue weighted by atomic mass is 16.5. The maximum atomic E-state index is 10.9. The summed E-state index contributed by atoms with van der Waals surface area (Å²) in [5, 5.41) is 0. The predicted octanol–water partition coefficient (Wildman–Crippen LogP) is 0.165. The molecule has 0 aromatic carbocycles. The van der Waals surface area contributed by atoms with E-state index in [4.69, 9.17) is 20.9 Å². The fourth-order valence-corrected chi connectivity index (χ4v) is 1.66. The Labute approximate surface area is 96.5 Å². The van der Waals surface area contributed by atoms with Gasteiger partial charge in [-0.1, -0.05) is 0 Å². The number of primary amides is 1. The molecule has 0 saturated carbocycles. The molecule has 0 bridgehead atoms. The molecule has 94 valence electrons. The van der Waals surface area contributed by atoms with Crippen LogP contribution >= 0.6 is 0 Å². The zero-order valence-corrected chi connectivity index (χ0v) is 9.91. The molecular weight excluding hydrogens is 208 g/mol.